The summed E-state index contributed by atoms with van der Waals surface area (Å²) in [4.78, 5) is 11.8. The third-order valence-corrected chi connectivity index (χ3v) is 1.96. The van der Waals surface area contributed by atoms with Gasteiger partial charge in [-0.05, 0) is 12.1 Å². The molecule has 0 spiro atoms. The molecule has 1 aromatic rings. The Hall–Kier alpha value is -1.46. The van der Waals surface area contributed by atoms with Crippen LogP contribution in [0.5, 0.6) is 0 Å². The Morgan fingerprint density at radius 1 is 1.50 bits per heavy atom. The van der Waals surface area contributed by atoms with E-state index in [1.54, 1.807) is 18.3 Å². The molecule has 72 valence electrons. The zero-order valence-corrected chi connectivity index (χ0v) is 8.02. The van der Waals surface area contributed by atoms with Crippen molar-refractivity contribution in [1.29, 1.82) is 0 Å². The Labute approximate surface area is 85.9 Å². The molecule has 2 heterocycles. The van der Waals surface area contributed by atoms with Crippen molar-refractivity contribution in [3.05, 3.63) is 29.0 Å². The highest BCUT2D eigenvalue weighted by atomic mass is 35.5. The minimum atomic E-state index is 0.402. The van der Waals surface area contributed by atoms with Gasteiger partial charge in [0.2, 0.25) is 0 Å². The third-order valence-electron chi connectivity index (χ3n) is 1.75. The van der Waals surface area contributed by atoms with Gasteiger partial charge in [0, 0.05) is 11.8 Å². The van der Waals surface area contributed by atoms with Gasteiger partial charge in [-0.2, -0.15) is 0 Å². The van der Waals surface area contributed by atoms with E-state index in [0.717, 1.165) is 5.56 Å². The molecule has 0 unspecified atom stereocenters. The van der Waals surface area contributed by atoms with Crippen LogP contribution in [0.15, 0.2) is 28.3 Å². The smallest absolute Gasteiger partial charge is 0.153 e. The number of nitrogens with two attached hydrogens (primary N) is 1. The third kappa shape index (κ3) is 1.73. The Morgan fingerprint density at radius 2 is 2.36 bits per heavy atom. The summed E-state index contributed by atoms with van der Waals surface area (Å²) in [5.74, 6) is 6.33. The first-order valence-corrected chi connectivity index (χ1v) is 4.35. The van der Waals surface area contributed by atoms with E-state index in [0.29, 0.717) is 17.7 Å². The molecule has 14 heavy (non-hydrogen) atoms. The number of hydrazine groups is 1. The van der Waals surface area contributed by atoms with Gasteiger partial charge in [-0.15, -0.1) is 0 Å². The first-order chi connectivity index (χ1) is 6.77. The SMILES string of the molecule is NN1CN=CN=C1c1ccnc(Cl)c1. The van der Waals surface area contributed by atoms with Gasteiger partial charge in [0.15, 0.2) is 5.84 Å². The summed E-state index contributed by atoms with van der Waals surface area (Å²) in [6.07, 6.45) is 3.09. The lowest BCUT2D eigenvalue weighted by Gasteiger charge is -2.20. The van der Waals surface area contributed by atoms with Crippen LogP contribution in [-0.2, 0) is 0 Å². The Morgan fingerprint density at radius 3 is 3.07 bits per heavy atom. The summed E-state index contributed by atoms with van der Waals surface area (Å²) in [5.41, 5.74) is 0.832. The number of halogens is 1. The van der Waals surface area contributed by atoms with E-state index in [9.17, 15) is 0 Å². The van der Waals surface area contributed by atoms with Gasteiger partial charge in [0.25, 0.3) is 0 Å². The van der Waals surface area contributed by atoms with E-state index in [-0.39, 0.29) is 0 Å². The van der Waals surface area contributed by atoms with Crippen molar-refractivity contribution < 1.29 is 0 Å². The van der Waals surface area contributed by atoms with E-state index < -0.39 is 0 Å². The van der Waals surface area contributed by atoms with Gasteiger partial charge in [-0.25, -0.2) is 15.8 Å². The maximum atomic E-state index is 5.75. The van der Waals surface area contributed by atoms with Crippen LogP contribution in [0.2, 0.25) is 5.15 Å². The molecule has 0 aliphatic carbocycles. The van der Waals surface area contributed by atoms with E-state index in [4.69, 9.17) is 17.4 Å². The van der Waals surface area contributed by atoms with Crippen LogP contribution in [0.1, 0.15) is 5.56 Å². The molecule has 5 nitrogen and oxygen atoms in total. The average Bonchev–Trinajstić information content (AvgIpc) is 2.18. The molecule has 0 fully saturated rings. The van der Waals surface area contributed by atoms with Gasteiger partial charge >= 0.3 is 0 Å². The summed E-state index contributed by atoms with van der Waals surface area (Å²) in [5, 5.41) is 1.87. The van der Waals surface area contributed by atoms with Crippen LogP contribution in [0.3, 0.4) is 0 Å². The predicted octanol–water partition coefficient (Wildman–Crippen LogP) is 0.657. The largest absolute Gasteiger partial charge is 0.272 e. The van der Waals surface area contributed by atoms with Crippen molar-refractivity contribution >= 4 is 23.8 Å². The molecule has 1 aliphatic rings. The summed E-state index contributed by atoms with van der Waals surface area (Å²) in [6, 6.07) is 3.50. The number of aliphatic imine (C=N–C) groups is 2. The Bertz CT molecular complexity index is 400. The van der Waals surface area contributed by atoms with Crippen molar-refractivity contribution in [3.8, 4) is 0 Å². The van der Waals surface area contributed by atoms with Gasteiger partial charge in [-0.3, -0.25) is 10.0 Å². The second-order valence-corrected chi connectivity index (χ2v) is 3.12. The highest BCUT2D eigenvalue weighted by Crippen LogP contribution is 2.10. The summed E-state index contributed by atoms with van der Waals surface area (Å²) >= 11 is 5.75. The molecule has 6 heteroatoms. The summed E-state index contributed by atoms with van der Waals surface area (Å²) in [6.45, 7) is 0.402. The molecule has 0 aromatic carbocycles. The first-order valence-electron chi connectivity index (χ1n) is 3.97. The van der Waals surface area contributed by atoms with E-state index >= 15 is 0 Å². The van der Waals surface area contributed by atoms with Crippen LogP contribution in [0.25, 0.3) is 0 Å². The van der Waals surface area contributed by atoms with Gasteiger partial charge < -0.3 is 0 Å². The highest BCUT2D eigenvalue weighted by molar-refractivity contribution is 6.29. The lowest BCUT2D eigenvalue weighted by atomic mass is 10.2. The molecule has 0 bridgehead atoms. The number of pyridine rings is 1. The van der Waals surface area contributed by atoms with Crippen molar-refractivity contribution in [2.75, 3.05) is 6.67 Å². The van der Waals surface area contributed by atoms with Crippen LogP contribution >= 0.6 is 11.6 Å². The summed E-state index contributed by atoms with van der Waals surface area (Å²) in [7, 11) is 0. The van der Waals surface area contributed by atoms with E-state index in [2.05, 4.69) is 15.0 Å². The zero-order valence-electron chi connectivity index (χ0n) is 7.26. The number of rotatable bonds is 1. The van der Waals surface area contributed by atoms with Gasteiger partial charge in [0.05, 0.1) is 0 Å². The molecule has 1 aliphatic heterocycles. The standard InChI is InChI=1S/C8H8ClN5/c9-7-3-6(1-2-12-7)8-13-4-11-5-14(8)10/h1-4H,5,10H2. The molecule has 0 atom stereocenters. The minimum absolute atomic E-state index is 0.402. The Balaban J connectivity index is 2.39. The second kappa shape index (κ2) is 3.73. The number of hydrogen-bond acceptors (Lipinski definition) is 5. The minimum Gasteiger partial charge on any atom is -0.272 e. The first kappa shape index (κ1) is 9.11. The van der Waals surface area contributed by atoms with Crippen LogP contribution in [0.4, 0.5) is 0 Å². The van der Waals surface area contributed by atoms with Crippen LogP contribution in [0, 0.1) is 0 Å². The molecule has 1 aromatic heterocycles. The normalized spacial score (nSPS) is 15.6. The molecule has 2 rings (SSSR count). The van der Waals surface area contributed by atoms with Crippen LogP contribution in [-0.4, -0.2) is 28.8 Å². The molecular weight excluding hydrogens is 202 g/mol. The molecule has 0 amide bonds. The average molecular weight is 210 g/mol. The maximum absolute atomic E-state index is 5.75. The Kier molecular flexibility index (Phi) is 2.43. The topological polar surface area (TPSA) is 66.9 Å². The number of nitrogens with zero attached hydrogens (tertiary/aromatic N) is 4. The van der Waals surface area contributed by atoms with Crippen molar-refractivity contribution in [2.45, 2.75) is 0 Å². The lowest BCUT2D eigenvalue weighted by molar-refractivity contribution is 0.452. The molecule has 0 saturated heterocycles. The van der Waals surface area contributed by atoms with E-state index in [1.807, 2.05) is 0 Å². The van der Waals surface area contributed by atoms with Crippen molar-refractivity contribution in [3.63, 3.8) is 0 Å². The number of amidine groups is 1. The maximum Gasteiger partial charge on any atom is 0.153 e. The number of aromatic nitrogens is 1. The van der Waals surface area contributed by atoms with E-state index in [1.165, 1.54) is 11.3 Å². The summed E-state index contributed by atoms with van der Waals surface area (Å²) < 4.78 is 0. The fraction of sp³-hybridized carbons (Fsp3) is 0.125. The quantitative estimate of drug-likeness (QED) is 0.546. The predicted molar refractivity (Wildman–Crippen MR) is 55.2 cm³/mol. The van der Waals surface area contributed by atoms with Crippen molar-refractivity contribution in [2.24, 2.45) is 15.8 Å². The van der Waals surface area contributed by atoms with Gasteiger partial charge in [-0.1, -0.05) is 11.6 Å². The molecule has 0 radical (unpaired) electrons. The second-order valence-electron chi connectivity index (χ2n) is 2.73. The fourth-order valence-corrected chi connectivity index (χ4v) is 1.32. The zero-order chi connectivity index (χ0) is 9.97. The molecule has 0 saturated carbocycles. The van der Waals surface area contributed by atoms with Gasteiger partial charge in [0.1, 0.15) is 18.2 Å². The van der Waals surface area contributed by atoms with Crippen molar-refractivity contribution in [1.82, 2.24) is 9.99 Å². The molecule has 2 N–H and O–H groups in total. The fourth-order valence-electron chi connectivity index (χ4n) is 1.14. The highest BCUT2D eigenvalue weighted by Gasteiger charge is 2.11. The lowest BCUT2D eigenvalue weighted by Crippen LogP contribution is -2.39. The number of hydrogen-bond donors (Lipinski definition) is 1. The molecular formula is C8H8ClN5. The van der Waals surface area contributed by atoms with Crippen LogP contribution < -0.4 is 5.84 Å². The monoisotopic (exact) mass is 209 g/mol.